The van der Waals surface area contributed by atoms with Crippen LogP contribution >= 0.6 is 0 Å². The Morgan fingerprint density at radius 3 is 2.33 bits per heavy atom. The monoisotopic (exact) mass is 370 g/mol. The lowest BCUT2D eigenvalue weighted by Crippen LogP contribution is -2.46. The van der Waals surface area contributed by atoms with E-state index in [0.29, 0.717) is 0 Å². The van der Waals surface area contributed by atoms with Crippen LogP contribution in [0.3, 0.4) is 0 Å². The first kappa shape index (κ1) is 19.7. The second-order valence-corrected chi connectivity index (χ2v) is 7.27. The summed E-state index contributed by atoms with van der Waals surface area (Å²) >= 11 is 0. The van der Waals surface area contributed by atoms with Crippen LogP contribution in [-0.2, 0) is 6.54 Å². The van der Waals surface area contributed by atoms with Crippen molar-refractivity contribution in [3.63, 3.8) is 0 Å². The fourth-order valence-electron chi connectivity index (χ4n) is 3.52. The third-order valence-corrected chi connectivity index (χ3v) is 5.16. The number of para-hydroxylation sites is 1. The van der Waals surface area contributed by atoms with E-state index in [4.69, 9.17) is 4.74 Å². The first-order valence-corrected chi connectivity index (χ1v) is 10.2. The Kier molecular flexibility index (Phi) is 7.52. The highest BCUT2D eigenvalue weighted by Crippen LogP contribution is 2.21. The summed E-state index contributed by atoms with van der Waals surface area (Å²) < 4.78 is 19.8. The lowest BCUT2D eigenvalue weighted by atomic mass is 10.1. The molecule has 2 aromatic rings. The molecule has 0 aromatic heterocycles. The van der Waals surface area contributed by atoms with E-state index in [-0.39, 0.29) is 5.82 Å². The summed E-state index contributed by atoms with van der Waals surface area (Å²) in [7, 11) is 0. The van der Waals surface area contributed by atoms with Crippen molar-refractivity contribution >= 4 is 5.69 Å². The first-order chi connectivity index (χ1) is 13.3. The van der Waals surface area contributed by atoms with Gasteiger partial charge in [-0.05, 0) is 36.2 Å². The summed E-state index contributed by atoms with van der Waals surface area (Å²) in [5, 5.41) is 0. The number of benzene rings is 2. The third kappa shape index (κ3) is 5.96. The van der Waals surface area contributed by atoms with Gasteiger partial charge in [0.05, 0.1) is 12.3 Å². The van der Waals surface area contributed by atoms with Gasteiger partial charge in [0.2, 0.25) is 0 Å². The number of nitrogens with zero attached hydrogens (tertiary/aromatic N) is 2. The van der Waals surface area contributed by atoms with Gasteiger partial charge in [0.25, 0.3) is 0 Å². The first-order valence-electron chi connectivity index (χ1n) is 10.2. The van der Waals surface area contributed by atoms with Crippen molar-refractivity contribution < 1.29 is 9.13 Å². The fraction of sp³-hybridized carbons (Fsp3) is 0.478. The molecule has 1 fully saturated rings. The average Bonchev–Trinajstić information content (AvgIpc) is 2.70. The van der Waals surface area contributed by atoms with Gasteiger partial charge in [-0.25, -0.2) is 4.39 Å². The van der Waals surface area contributed by atoms with Gasteiger partial charge in [0.1, 0.15) is 11.6 Å². The highest BCUT2D eigenvalue weighted by molar-refractivity contribution is 5.48. The van der Waals surface area contributed by atoms with Gasteiger partial charge in [-0.1, -0.05) is 50.5 Å². The van der Waals surface area contributed by atoms with Gasteiger partial charge in [-0.3, -0.25) is 4.90 Å². The van der Waals surface area contributed by atoms with Crippen LogP contribution in [0.15, 0.2) is 48.5 Å². The minimum atomic E-state index is -0.128. The smallest absolute Gasteiger partial charge is 0.146 e. The van der Waals surface area contributed by atoms with Crippen molar-refractivity contribution in [3.05, 3.63) is 59.9 Å². The molecule has 0 amide bonds. The molecule has 1 heterocycles. The fourth-order valence-corrected chi connectivity index (χ4v) is 3.52. The van der Waals surface area contributed by atoms with E-state index >= 15 is 0 Å². The number of unbranched alkanes of at least 4 members (excludes halogenated alkanes) is 3. The molecule has 0 saturated carbocycles. The molecule has 2 aromatic carbocycles. The van der Waals surface area contributed by atoms with Crippen LogP contribution in [0.5, 0.6) is 5.75 Å². The quantitative estimate of drug-likeness (QED) is 0.571. The maximum atomic E-state index is 13.9. The van der Waals surface area contributed by atoms with Crippen molar-refractivity contribution in [1.29, 1.82) is 0 Å². The molecule has 3 rings (SSSR count). The molecule has 0 atom stereocenters. The maximum Gasteiger partial charge on any atom is 0.146 e. The number of halogens is 1. The predicted molar refractivity (Wildman–Crippen MR) is 110 cm³/mol. The van der Waals surface area contributed by atoms with Gasteiger partial charge < -0.3 is 9.64 Å². The molecule has 0 N–H and O–H groups in total. The van der Waals surface area contributed by atoms with Crippen LogP contribution in [0.2, 0.25) is 0 Å². The van der Waals surface area contributed by atoms with Gasteiger partial charge in [0, 0.05) is 32.7 Å². The second kappa shape index (κ2) is 10.3. The Labute approximate surface area is 162 Å². The number of rotatable bonds is 9. The lowest BCUT2D eigenvalue weighted by Gasteiger charge is -2.36. The molecule has 0 radical (unpaired) electrons. The number of piperazine rings is 1. The minimum absolute atomic E-state index is 0.128. The van der Waals surface area contributed by atoms with Crippen molar-refractivity contribution in [2.45, 2.75) is 39.2 Å². The summed E-state index contributed by atoms with van der Waals surface area (Å²) in [5.41, 5.74) is 2.02. The Bertz CT molecular complexity index is 681. The van der Waals surface area contributed by atoms with Crippen LogP contribution in [0, 0.1) is 5.82 Å². The molecule has 1 aliphatic rings. The predicted octanol–water partition coefficient (Wildman–Crippen LogP) is 5.11. The molecule has 27 heavy (non-hydrogen) atoms. The molecule has 4 heteroatoms. The van der Waals surface area contributed by atoms with Gasteiger partial charge in [-0.15, -0.1) is 0 Å². The molecule has 146 valence electrons. The molecular weight excluding hydrogens is 339 g/mol. The summed E-state index contributed by atoms with van der Waals surface area (Å²) in [5.74, 6) is 0.829. The van der Waals surface area contributed by atoms with Crippen molar-refractivity contribution in [2.24, 2.45) is 0 Å². The van der Waals surface area contributed by atoms with Crippen molar-refractivity contribution in [2.75, 3.05) is 37.7 Å². The Balaban J connectivity index is 1.42. The van der Waals surface area contributed by atoms with Crippen LogP contribution in [0.1, 0.15) is 38.2 Å². The number of anilines is 1. The third-order valence-electron chi connectivity index (χ3n) is 5.16. The number of hydrogen-bond donors (Lipinski definition) is 0. The SMILES string of the molecule is CCCCCCOc1ccc(CN2CCN(c3ccccc3F)CC2)cc1. The van der Waals surface area contributed by atoms with E-state index in [9.17, 15) is 4.39 Å². The largest absolute Gasteiger partial charge is 0.494 e. The van der Waals surface area contributed by atoms with E-state index in [1.54, 1.807) is 6.07 Å². The zero-order valence-electron chi connectivity index (χ0n) is 16.4. The van der Waals surface area contributed by atoms with Gasteiger partial charge in [-0.2, -0.15) is 0 Å². The normalized spacial score (nSPS) is 15.1. The Morgan fingerprint density at radius 2 is 1.63 bits per heavy atom. The Hall–Kier alpha value is -2.07. The average molecular weight is 371 g/mol. The topological polar surface area (TPSA) is 15.7 Å². The summed E-state index contributed by atoms with van der Waals surface area (Å²) in [6.45, 7) is 7.58. The Morgan fingerprint density at radius 1 is 0.889 bits per heavy atom. The molecule has 0 unspecified atom stereocenters. The van der Waals surface area contributed by atoms with E-state index in [1.807, 2.05) is 12.1 Å². The summed E-state index contributed by atoms with van der Waals surface area (Å²) in [6, 6.07) is 15.5. The lowest BCUT2D eigenvalue weighted by molar-refractivity contribution is 0.249. The van der Waals surface area contributed by atoms with Crippen LogP contribution < -0.4 is 9.64 Å². The molecule has 0 aliphatic carbocycles. The molecule has 1 saturated heterocycles. The highest BCUT2D eigenvalue weighted by Gasteiger charge is 2.19. The standard InChI is InChI=1S/C23H31FN2O/c1-2-3-4-7-18-27-21-12-10-20(11-13-21)19-25-14-16-26(17-15-25)23-9-6-5-8-22(23)24/h5-6,8-13H,2-4,7,14-19H2,1H3. The number of ether oxygens (including phenoxy) is 1. The zero-order valence-corrected chi connectivity index (χ0v) is 16.4. The van der Waals surface area contributed by atoms with Gasteiger partial charge in [0.15, 0.2) is 0 Å². The van der Waals surface area contributed by atoms with Crippen molar-refractivity contribution in [1.82, 2.24) is 4.90 Å². The molecule has 1 aliphatic heterocycles. The number of hydrogen-bond acceptors (Lipinski definition) is 3. The maximum absolute atomic E-state index is 13.9. The molecular formula is C23H31FN2O. The summed E-state index contributed by atoms with van der Waals surface area (Å²) in [6.07, 6.45) is 4.91. The summed E-state index contributed by atoms with van der Waals surface area (Å²) in [4.78, 5) is 4.57. The second-order valence-electron chi connectivity index (χ2n) is 7.27. The van der Waals surface area contributed by atoms with Crippen LogP contribution in [0.4, 0.5) is 10.1 Å². The molecule has 0 bridgehead atoms. The van der Waals surface area contributed by atoms with Crippen LogP contribution in [0.25, 0.3) is 0 Å². The van der Waals surface area contributed by atoms with Crippen molar-refractivity contribution in [3.8, 4) is 5.75 Å². The minimum Gasteiger partial charge on any atom is -0.494 e. The highest BCUT2D eigenvalue weighted by atomic mass is 19.1. The van der Waals surface area contributed by atoms with E-state index in [1.165, 1.54) is 30.9 Å². The molecule has 3 nitrogen and oxygen atoms in total. The zero-order chi connectivity index (χ0) is 18.9. The van der Waals surface area contributed by atoms with E-state index in [0.717, 1.165) is 57.2 Å². The van der Waals surface area contributed by atoms with Crippen LogP contribution in [-0.4, -0.2) is 37.7 Å². The van der Waals surface area contributed by atoms with E-state index < -0.39 is 0 Å². The van der Waals surface area contributed by atoms with E-state index in [2.05, 4.69) is 41.0 Å². The van der Waals surface area contributed by atoms with Gasteiger partial charge >= 0.3 is 0 Å². The molecule has 0 spiro atoms.